The highest BCUT2D eigenvalue weighted by molar-refractivity contribution is 7.89. The Morgan fingerprint density at radius 3 is 2.03 bits per heavy atom. The van der Waals surface area contributed by atoms with Crippen LogP contribution in [0, 0.1) is 20.8 Å². The number of benzene rings is 2. The van der Waals surface area contributed by atoms with Crippen molar-refractivity contribution in [2.45, 2.75) is 52.5 Å². The maximum Gasteiger partial charge on any atom is 0.243 e. The van der Waals surface area contributed by atoms with Gasteiger partial charge in [-0.15, -0.1) is 0 Å². The SMILES string of the molecule is CCN(CC)S(=O)(=O)c1ccc([C@@H](C)NCC(=O)Nc2c(C)cc(C)cc2C)cc1. The molecule has 0 aromatic heterocycles. The normalized spacial score (nSPS) is 12.8. The van der Waals surface area contributed by atoms with Gasteiger partial charge in [-0.25, -0.2) is 8.42 Å². The van der Waals surface area contributed by atoms with Gasteiger partial charge in [0.1, 0.15) is 0 Å². The molecule has 30 heavy (non-hydrogen) atoms. The zero-order valence-electron chi connectivity index (χ0n) is 18.7. The van der Waals surface area contributed by atoms with E-state index in [0.717, 1.165) is 22.4 Å². The number of nitrogens with zero attached hydrogens (tertiary/aromatic N) is 1. The Kier molecular flexibility index (Phi) is 8.18. The lowest BCUT2D eigenvalue weighted by Crippen LogP contribution is -2.31. The van der Waals surface area contributed by atoms with Gasteiger partial charge < -0.3 is 10.6 Å². The fraction of sp³-hybridized carbons (Fsp3) is 0.435. The first-order chi connectivity index (χ1) is 14.1. The van der Waals surface area contributed by atoms with Crippen LogP contribution in [0.25, 0.3) is 0 Å². The van der Waals surface area contributed by atoms with Crippen LogP contribution >= 0.6 is 0 Å². The number of sulfonamides is 1. The summed E-state index contributed by atoms with van der Waals surface area (Å²) in [5.74, 6) is -0.113. The average molecular weight is 432 g/mol. The van der Waals surface area contributed by atoms with Crippen molar-refractivity contribution < 1.29 is 13.2 Å². The lowest BCUT2D eigenvalue weighted by atomic mass is 10.1. The molecular weight excluding hydrogens is 398 g/mol. The van der Waals surface area contributed by atoms with Gasteiger partial charge in [0, 0.05) is 24.8 Å². The number of amides is 1. The first-order valence-corrected chi connectivity index (χ1v) is 11.7. The number of carbonyl (C=O) groups excluding carboxylic acids is 1. The molecular formula is C23H33N3O3S. The van der Waals surface area contributed by atoms with E-state index in [2.05, 4.69) is 10.6 Å². The zero-order chi connectivity index (χ0) is 22.5. The second kappa shape index (κ2) is 10.2. The minimum atomic E-state index is -3.47. The maximum atomic E-state index is 12.6. The van der Waals surface area contributed by atoms with E-state index in [9.17, 15) is 13.2 Å². The first-order valence-electron chi connectivity index (χ1n) is 10.3. The Hall–Kier alpha value is -2.22. The van der Waals surface area contributed by atoms with Crippen molar-refractivity contribution in [1.29, 1.82) is 0 Å². The molecule has 0 radical (unpaired) electrons. The van der Waals surface area contributed by atoms with Crippen LogP contribution in [-0.4, -0.2) is 38.3 Å². The third kappa shape index (κ3) is 5.68. The van der Waals surface area contributed by atoms with Gasteiger partial charge in [-0.05, 0) is 56.5 Å². The second-order valence-corrected chi connectivity index (χ2v) is 9.52. The topological polar surface area (TPSA) is 78.5 Å². The summed E-state index contributed by atoms with van der Waals surface area (Å²) in [6, 6.07) is 10.8. The molecule has 1 atom stereocenters. The van der Waals surface area contributed by atoms with Gasteiger partial charge in [-0.1, -0.05) is 43.7 Å². The number of hydrogen-bond donors (Lipinski definition) is 2. The van der Waals surface area contributed by atoms with Crippen molar-refractivity contribution in [2.24, 2.45) is 0 Å². The molecule has 0 heterocycles. The maximum absolute atomic E-state index is 12.6. The standard InChI is InChI=1S/C23H33N3O3S/c1-7-26(8-2)30(28,29)21-11-9-20(10-12-21)19(6)24-15-22(27)25-23-17(4)13-16(3)14-18(23)5/h9-14,19,24H,7-8,15H2,1-6H3,(H,25,27)/t19-/m1/s1. The first kappa shape index (κ1) is 24.1. The quantitative estimate of drug-likeness (QED) is 0.631. The third-order valence-electron chi connectivity index (χ3n) is 5.23. The fourth-order valence-electron chi connectivity index (χ4n) is 3.57. The molecule has 0 spiro atoms. The number of rotatable bonds is 9. The van der Waals surface area contributed by atoms with E-state index in [4.69, 9.17) is 0 Å². The summed E-state index contributed by atoms with van der Waals surface area (Å²) in [6.45, 7) is 12.6. The average Bonchev–Trinajstić information content (AvgIpc) is 2.69. The monoisotopic (exact) mass is 431 g/mol. The Morgan fingerprint density at radius 1 is 1.00 bits per heavy atom. The highest BCUT2D eigenvalue weighted by Crippen LogP contribution is 2.22. The minimum Gasteiger partial charge on any atom is -0.324 e. The molecule has 0 unspecified atom stereocenters. The zero-order valence-corrected chi connectivity index (χ0v) is 19.6. The number of anilines is 1. The van der Waals surface area contributed by atoms with E-state index in [-0.39, 0.29) is 23.4 Å². The summed E-state index contributed by atoms with van der Waals surface area (Å²) in [5.41, 5.74) is 5.02. The smallest absolute Gasteiger partial charge is 0.243 e. The Bertz CT molecular complexity index is 958. The molecule has 0 saturated carbocycles. The molecule has 2 N–H and O–H groups in total. The van der Waals surface area contributed by atoms with Crippen LogP contribution in [-0.2, 0) is 14.8 Å². The third-order valence-corrected chi connectivity index (χ3v) is 7.30. The van der Waals surface area contributed by atoms with Crippen molar-refractivity contribution >= 4 is 21.6 Å². The summed E-state index contributed by atoms with van der Waals surface area (Å²) in [5, 5.41) is 6.18. The number of carbonyl (C=O) groups is 1. The van der Waals surface area contributed by atoms with Gasteiger partial charge in [-0.2, -0.15) is 4.31 Å². The summed E-state index contributed by atoms with van der Waals surface area (Å²) in [4.78, 5) is 12.7. The lowest BCUT2D eigenvalue weighted by molar-refractivity contribution is -0.115. The summed E-state index contributed by atoms with van der Waals surface area (Å²) >= 11 is 0. The van der Waals surface area contributed by atoms with Crippen molar-refractivity contribution in [1.82, 2.24) is 9.62 Å². The predicted molar refractivity (Wildman–Crippen MR) is 122 cm³/mol. The van der Waals surface area contributed by atoms with Gasteiger partial charge in [0.2, 0.25) is 15.9 Å². The summed E-state index contributed by atoms with van der Waals surface area (Å²) in [7, 11) is -3.47. The van der Waals surface area contributed by atoms with Crippen molar-refractivity contribution in [3.8, 4) is 0 Å². The van der Waals surface area contributed by atoms with E-state index >= 15 is 0 Å². The molecule has 0 aliphatic heterocycles. The van der Waals surface area contributed by atoms with Crippen molar-refractivity contribution in [3.05, 3.63) is 58.7 Å². The van der Waals surface area contributed by atoms with Gasteiger partial charge in [0.25, 0.3) is 0 Å². The largest absolute Gasteiger partial charge is 0.324 e. The van der Waals surface area contributed by atoms with Gasteiger partial charge >= 0.3 is 0 Å². The highest BCUT2D eigenvalue weighted by atomic mass is 32.2. The molecule has 0 aliphatic carbocycles. The van der Waals surface area contributed by atoms with Crippen LogP contribution in [0.3, 0.4) is 0 Å². The van der Waals surface area contributed by atoms with Gasteiger partial charge in [0.15, 0.2) is 0 Å². The fourth-order valence-corrected chi connectivity index (χ4v) is 5.02. The molecule has 7 heteroatoms. The molecule has 1 amide bonds. The molecule has 0 saturated heterocycles. The van der Waals surface area contributed by atoms with Crippen LogP contribution in [0.15, 0.2) is 41.3 Å². The molecule has 2 rings (SSSR count). The van der Waals surface area contributed by atoms with E-state index < -0.39 is 10.0 Å². The molecule has 6 nitrogen and oxygen atoms in total. The minimum absolute atomic E-state index is 0.0961. The predicted octanol–water partition coefficient (Wildman–Crippen LogP) is 3.93. The van der Waals surface area contributed by atoms with Crippen LogP contribution in [0.2, 0.25) is 0 Å². The highest BCUT2D eigenvalue weighted by Gasteiger charge is 2.21. The lowest BCUT2D eigenvalue weighted by Gasteiger charge is -2.19. The van der Waals surface area contributed by atoms with E-state index in [1.54, 1.807) is 24.3 Å². The van der Waals surface area contributed by atoms with Crippen LogP contribution < -0.4 is 10.6 Å². The van der Waals surface area contributed by atoms with Crippen molar-refractivity contribution in [2.75, 3.05) is 25.0 Å². The molecule has 164 valence electrons. The Labute approximate surface area is 180 Å². The van der Waals surface area contributed by atoms with Crippen LogP contribution in [0.4, 0.5) is 5.69 Å². The molecule has 2 aromatic rings. The van der Waals surface area contributed by atoms with E-state index in [1.165, 1.54) is 9.87 Å². The molecule has 2 aromatic carbocycles. The molecule has 0 aliphatic rings. The van der Waals surface area contributed by atoms with Gasteiger partial charge in [0.05, 0.1) is 11.4 Å². The summed E-state index contributed by atoms with van der Waals surface area (Å²) in [6.07, 6.45) is 0. The number of aryl methyl sites for hydroxylation is 3. The van der Waals surface area contributed by atoms with Gasteiger partial charge in [-0.3, -0.25) is 4.79 Å². The van der Waals surface area contributed by atoms with Crippen LogP contribution in [0.1, 0.15) is 49.1 Å². The number of hydrogen-bond acceptors (Lipinski definition) is 4. The molecule has 0 bridgehead atoms. The molecule has 0 fully saturated rings. The van der Waals surface area contributed by atoms with E-state index in [1.807, 2.05) is 53.7 Å². The Morgan fingerprint density at radius 2 is 1.53 bits per heavy atom. The summed E-state index contributed by atoms with van der Waals surface area (Å²) < 4.78 is 26.6. The second-order valence-electron chi connectivity index (χ2n) is 7.58. The van der Waals surface area contributed by atoms with E-state index in [0.29, 0.717) is 13.1 Å². The van der Waals surface area contributed by atoms with Crippen LogP contribution in [0.5, 0.6) is 0 Å². The van der Waals surface area contributed by atoms with Crippen molar-refractivity contribution in [3.63, 3.8) is 0 Å². The Balaban J connectivity index is 2.00. The number of nitrogens with one attached hydrogen (secondary N) is 2.